The Kier molecular flexibility index (Phi) is 5.22. The van der Waals surface area contributed by atoms with E-state index in [0.717, 1.165) is 34.4 Å². The molecule has 6 nitrogen and oxygen atoms in total. The van der Waals surface area contributed by atoms with Crippen LogP contribution in [0.4, 0.5) is 5.69 Å². The normalized spacial score (nSPS) is 24.1. The summed E-state index contributed by atoms with van der Waals surface area (Å²) in [4.78, 5) is 19.2. The van der Waals surface area contributed by atoms with Gasteiger partial charge < -0.3 is 20.5 Å². The predicted octanol–water partition coefficient (Wildman–Crippen LogP) is 4.25. The Bertz CT molecular complexity index is 1180. The zero-order chi connectivity index (χ0) is 23.2. The van der Waals surface area contributed by atoms with Crippen LogP contribution in [-0.2, 0) is 10.3 Å². The number of hydrogen-bond acceptors (Lipinski definition) is 5. The van der Waals surface area contributed by atoms with E-state index in [1.807, 2.05) is 67.6 Å². The van der Waals surface area contributed by atoms with E-state index in [1.54, 1.807) is 4.90 Å². The van der Waals surface area contributed by atoms with Crippen LogP contribution >= 0.6 is 0 Å². The Hall–Kier alpha value is -3.22. The third-order valence-corrected chi connectivity index (χ3v) is 6.55. The first-order chi connectivity index (χ1) is 15.8. The molecule has 0 spiro atoms. The molecule has 0 atom stereocenters. The molecule has 6 heteroatoms. The molecule has 2 aromatic carbocycles. The van der Waals surface area contributed by atoms with Crippen molar-refractivity contribution in [2.45, 2.75) is 44.2 Å². The number of nitrogens with two attached hydrogens (primary N) is 1. The summed E-state index contributed by atoms with van der Waals surface area (Å²) in [5.74, 6) is 0.430. The van der Waals surface area contributed by atoms with Crippen molar-refractivity contribution < 1.29 is 14.6 Å². The summed E-state index contributed by atoms with van der Waals surface area (Å²) < 4.78 is 5.74. The van der Waals surface area contributed by atoms with Gasteiger partial charge in [-0.15, -0.1) is 0 Å². The number of pyridine rings is 1. The summed E-state index contributed by atoms with van der Waals surface area (Å²) >= 11 is 0. The van der Waals surface area contributed by atoms with Crippen LogP contribution < -0.4 is 15.4 Å². The van der Waals surface area contributed by atoms with Crippen LogP contribution in [0.15, 0.2) is 60.7 Å². The number of carbonyl (C=O) groups excluding carboxylic acids is 1. The fourth-order valence-corrected chi connectivity index (χ4v) is 5.13. The summed E-state index contributed by atoms with van der Waals surface area (Å²) in [5.41, 5.74) is 10.7. The van der Waals surface area contributed by atoms with Gasteiger partial charge in [-0.05, 0) is 43.4 Å². The van der Waals surface area contributed by atoms with E-state index in [4.69, 9.17) is 15.5 Å². The molecule has 0 saturated heterocycles. The van der Waals surface area contributed by atoms with Gasteiger partial charge in [-0.2, -0.15) is 0 Å². The van der Waals surface area contributed by atoms with Crippen molar-refractivity contribution in [1.82, 2.24) is 4.98 Å². The van der Waals surface area contributed by atoms with E-state index in [0.29, 0.717) is 31.0 Å². The maximum atomic E-state index is 12.5. The number of amides is 1. The molecule has 3 N–H and O–H groups in total. The predicted molar refractivity (Wildman–Crippen MR) is 129 cm³/mol. The van der Waals surface area contributed by atoms with Gasteiger partial charge in [0.1, 0.15) is 5.69 Å². The van der Waals surface area contributed by atoms with E-state index < -0.39 is 11.1 Å². The molecule has 170 valence electrons. The fourth-order valence-electron chi connectivity index (χ4n) is 5.13. The Morgan fingerprint density at radius 2 is 1.79 bits per heavy atom. The minimum absolute atomic E-state index is 0.00131. The highest BCUT2D eigenvalue weighted by molar-refractivity contribution is 5.99. The number of anilines is 1. The minimum Gasteiger partial charge on any atom is -0.466 e. The van der Waals surface area contributed by atoms with Gasteiger partial charge in [-0.25, -0.2) is 4.98 Å². The highest BCUT2D eigenvalue weighted by Crippen LogP contribution is 2.47. The van der Waals surface area contributed by atoms with Crippen LogP contribution in [0, 0.1) is 0 Å². The molecule has 2 heterocycles. The number of aromatic nitrogens is 1. The van der Waals surface area contributed by atoms with Crippen molar-refractivity contribution in [2.75, 3.05) is 18.1 Å². The first kappa shape index (κ1) is 21.6. The van der Waals surface area contributed by atoms with Crippen molar-refractivity contribution in [1.29, 1.82) is 0 Å². The van der Waals surface area contributed by atoms with E-state index in [9.17, 15) is 9.90 Å². The monoisotopic (exact) mass is 443 g/mol. The van der Waals surface area contributed by atoms with Gasteiger partial charge in [0.15, 0.2) is 6.61 Å². The lowest BCUT2D eigenvalue weighted by molar-refractivity contribution is -0.121. The fraction of sp³-hybridized carbons (Fsp3) is 0.333. The Labute approximate surface area is 194 Å². The molecule has 1 aliphatic heterocycles. The van der Waals surface area contributed by atoms with Crippen LogP contribution in [0.1, 0.15) is 38.7 Å². The van der Waals surface area contributed by atoms with Crippen molar-refractivity contribution in [2.24, 2.45) is 5.73 Å². The number of rotatable bonds is 5. The van der Waals surface area contributed by atoms with Crippen LogP contribution in [0.5, 0.6) is 5.88 Å². The molecule has 1 aliphatic carbocycles. The van der Waals surface area contributed by atoms with Crippen LogP contribution in [-0.4, -0.2) is 34.8 Å². The first-order valence-corrected chi connectivity index (χ1v) is 11.5. The number of ether oxygens (including phenoxy) is 1. The molecule has 33 heavy (non-hydrogen) atoms. The summed E-state index contributed by atoms with van der Waals surface area (Å²) in [7, 11) is 0. The van der Waals surface area contributed by atoms with Crippen molar-refractivity contribution >= 4 is 11.6 Å². The third kappa shape index (κ3) is 3.90. The number of benzene rings is 2. The molecule has 5 rings (SSSR count). The molecule has 0 radical (unpaired) electrons. The van der Waals surface area contributed by atoms with Gasteiger partial charge in [0, 0.05) is 23.2 Å². The van der Waals surface area contributed by atoms with Crippen molar-refractivity contribution in [3.05, 3.63) is 66.2 Å². The average molecular weight is 444 g/mol. The lowest BCUT2D eigenvalue weighted by atomic mass is 9.63. The number of hydrogen-bond donors (Lipinski definition) is 2. The summed E-state index contributed by atoms with van der Waals surface area (Å²) in [6.45, 7) is 4.50. The second-order valence-electron chi connectivity index (χ2n) is 9.49. The molecule has 1 fully saturated rings. The van der Waals surface area contributed by atoms with Crippen LogP contribution in [0.25, 0.3) is 22.4 Å². The van der Waals surface area contributed by atoms with Crippen molar-refractivity contribution in [3.8, 4) is 28.3 Å². The van der Waals surface area contributed by atoms with Gasteiger partial charge in [0.2, 0.25) is 5.88 Å². The summed E-state index contributed by atoms with van der Waals surface area (Å²) in [6.07, 6.45) is 1.93. The van der Waals surface area contributed by atoms with Crippen LogP contribution in [0.2, 0.25) is 0 Å². The van der Waals surface area contributed by atoms with Gasteiger partial charge in [-0.1, -0.05) is 61.5 Å². The van der Waals surface area contributed by atoms with Gasteiger partial charge in [0.25, 0.3) is 5.91 Å². The molecule has 2 aliphatic rings. The maximum Gasteiger partial charge on any atom is 0.265 e. The minimum atomic E-state index is -0.701. The highest BCUT2D eigenvalue weighted by Gasteiger charge is 2.49. The van der Waals surface area contributed by atoms with Gasteiger partial charge >= 0.3 is 0 Å². The quantitative estimate of drug-likeness (QED) is 0.615. The zero-order valence-corrected chi connectivity index (χ0v) is 19.0. The standard InChI is InChI=1S/C27H29N3O3/c1-3-13-30-22-14-21(18-7-5-4-6-8-18)24(29-25(22)33-15-23(30)31)19-9-11-20(12-10-19)27(28)16-26(2,32)17-27/h4-12,14,32H,3,13,15-17,28H2,1-2H3. The second kappa shape index (κ2) is 7.97. The molecule has 1 saturated carbocycles. The molecule has 0 unspecified atom stereocenters. The lowest BCUT2D eigenvalue weighted by Crippen LogP contribution is -2.58. The largest absolute Gasteiger partial charge is 0.466 e. The maximum absolute atomic E-state index is 12.5. The molecular formula is C27H29N3O3. The third-order valence-electron chi connectivity index (χ3n) is 6.55. The van der Waals surface area contributed by atoms with Crippen LogP contribution in [0.3, 0.4) is 0 Å². The van der Waals surface area contributed by atoms with E-state index >= 15 is 0 Å². The molecule has 3 aromatic rings. The summed E-state index contributed by atoms with van der Waals surface area (Å²) in [5, 5.41) is 10.2. The topological polar surface area (TPSA) is 88.7 Å². The zero-order valence-electron chi connectivity index (χ0n) is 19.0. The first-order valence-electron chi connectivity index (χ1n) is 11.5. The SMILES string of the molecule is CCCN1C(=O)COc2nc(-c3ccc(C4(N)CC(C)(O)C4)cc3)c(-c3ccccc3)cc21. The molecule has 0 bridgehead atoms. The van der Waals surface area contributed by atoms with E-state index in [1.165, 1.54) is 0 Å². The number of aliphatic hydroxyl groups is 1. The molecule has 1 aromatic heterocycles. The molecular weight excluding hydrogens is 414 g/mol. The number of nitrogens with zero attached hydrogens (tertiary/aromatic N) is 2. The number of fused-ring (bicyclic) bond motifs is 1. The van der Waals surface area contributed by atoms with Gasteiger partial charge in [-0.3, -0.25) is 4.79 Å². The second-order valence-corrected chi connectivity index (χ2v) is 9.49. The van der Waals surface area contributed by atoms with E-state index in [-0.39, 0.29) is 12.5 Å². The van der Waals surface area contributed by atoms with Gasteiger partial charge in [0.05, 0.1) is 11.3 Å². The Morgan fingerprint density at radius 3 is 2.42 bits per heavy atom. The lowest BCUT2D eigenvalue weighted by Gasteiger charge is -2.49. The van der Waals surface area contributed by atoms with E-state index in [2.05, 4.69) is 6.92 Å². The smallest absolute Gasteiger partial charge is 0.265 e. The average Bonchev–Trinajstić information content (AvgIpc) is 2.79. The number of carbonyl (C=O) groups is 1. The Morgan fingerprint density at radius 1 is 1.09 bits per heavy atom. The summed E-state index contributed by atoms with van der Waals surface area (Å²) in [6, 6.07) is 20.2. The highest BCUT2D eigenvalue weighted by atomic mass is 16.5. The molecule has 1 amide bonds. The van der Waals surface area contributed by atoms with Crippen molar-refractivity contribution in [3.63, 3.8) is 0 Å². The Balaban J connectivity index is 1.59.